The maximum Gasteiger partial charge on any atom is 0.356 e. The summed E-state index contributed by atoms with van der Waals surface area (Å²) in [6, 6.07) is 0. The normalized spacial score (nSPS) is 8.11. The summed E-state index contributed by atoms with van der Waals surface area (Å²) in [4.78, 5) is 25.9. The number of hydrogen-bond donors (Lipinski definition) is 1. The zero-order valence-electron chi connectivity index (χ0n) is 4.27. The van der Waals surface area contributed by atoms with Crippen LogP contribution in [0.2, 0.25) is 0 Å². The highest BCUT2D eigenvalue weighted by molar-refractivity contribution is 5.70. The molecule has 7 heteroatoms. The molecule has 0 atom stereocenters. The minimum atomic E-state index is -1.26. The molecule has 0 rings (SSSR count). The number of nitrogens with zero attached hydrogens (tertiary/aromatic N) is 1. The lowest BCUT2D eigenvalue weighted by atomic mass is 10.7. The van der Waals surface area contributed by atoms with E-state index >= 15 is 0 Å². The molecule has 52 valence electrons. The van der Waals surface area contributed by atoms with Gasteiger partial charge in [-0.3, -0.25) is 4.89 Å². The lowest BCUT2D eigenvalue weighted by molar-refractivity contribution is -0.839. The predicted molar refractivity (Wildman–Crippen MR) is 23.2 cm³/mol. The van der Waals surface area contributed by atoms with Gasteiger partial charge in [0.05, 0.1) is 6.54 Å². The summed E-state index contributed by atoms with van der Waals surface area (Å²) in [5.41, 5.74) is 4.68. The number of nitrogens with two attached hydrogens (primary N) is 1. The fourth-order valence-electron chi connectivity index (χ4n) is 0.106. The Bertz CT molecular complexity index is 122. The highest BCUT2D eigenvalue weighted by Gasteiger charge is 2.01. The predicted octanol–water partition coefficient (Wildman–Crippen LogP) is -1.39. The third-order valence-electron chi connectivity index (χ3n) is 0.358. The Morgan fingerprint density at radius 1 is 1.78 bits per heavy atom. The standard InChI is InChI=1S/C2H4N2O5/c3-1-2(5)8-9-4(6)7/h1,3H2. The third kappa shape index (κ3) is 4.48. The van der Waals surface area contributed by atoms with Crippen LogP contribution in [0.3, 0.4) is 0 Å². The molecule has 0 spiro atoms. The van der Waals surface area contributed by atoms with E-state index in [0.717, 1.165) is 0 Å². The van der Waals surface area contributed by atoms with Crippen molar-refractivity contribution < 1.29 is 19.8 Å². The number of carbonyl (C=O) groups excluding carboxylic acids is 1. The van der Waals surface area contributed by atoms with E-state index in [4.69, 9.17) is 0 Å². The van der Waals surface area contributed by atoms with Gasteiger partial charge in [-0.25, -0.2) is 4.79 Å². The largest absolute Gasteiger partial charge is 0.356 e. The van der Waals surface area contributed by atoms with Crippen molar-refractivity contribution in [2.45, 2.75) is 0 Å². The first-order chi connectivity index (χ1) is 4.16. The van der Waals surface area contributed by atoms with Crippen LogP contribution in [0.15, 0.2) is 0 Å². The van der Waals surface area contributed by atoms with Gasteiger partial charge < -0.3 is 5.73 Å². The van der Waals surface area contributed by atoms with Crippen LogP contribution in [0.4, 0.5) is 0 Å². The van der Waals surface area contributed by atoms with Gasteiger partial charge in [0.2, 0.25) is 0 Å². The van der Waals surface area contributed by atoms with Gasteiger partial charge in [0.1, 0.15) is 0 Å². The van der Waals surface area contributed by atoms with E-state index in [9.17, 15) is 14.9 Å². The van der Waals surface area contributed by atoms with Crippen molar-refractivity contribution in [1.82, 2.24) is 0 Å². The van der Waals surface area contributed by atoms with Gasteiger partial charge in [-0.15, -0.1) is 10.1 Å². The summed E-state index contributed by atoms with van der Waals surface area (Å²) in [5, 5.41) is 8.03. The van der Waals surface area contributed by atoms with Crippen LogP contribution in [-0.2, 0) is 14.7 Å². The smallest absolute Gasteiger partial charge is 0.321 e. The molecule has 0 bridgehead atoms. The summed E-state index contributed by atoms with van der Waals surface area (Å²) in [6.07, 6.45) is 0. The van der Waals surface area contributed by atoms with Crippen molar-refractivity contribution >= 4 is 5.97 Å². The Kier molecular flexibility index (Phi) is 3.06. The van der Waals surface area contributed by atoms with E-state index in [-0.39, 0.29) is 0 Å². The quantitative estimate of drug-likeness (QED) is 0.291. The molecule has 0 heterocycles. The van der Waals surface area contributed by atoms with Gasteiger partial charge in [-0.05, 0) is 0 Å². The molecule has 0 saturated carbocycles. The van der Waals surface area contributed by atoms with Crippen molar-refractivity contribution in [3.8, 4) is 0 Å². The fraction of sp³-hybridized carbons (Fsp3) is 0.500. The number of hydrogen-bond acceptors (Lipinski definition) is 6. The molecule has 0 aromatic carbocycles. The van der Waals surface area contributed by atoms with E-state index in [0.29, 0.717) is 0 Å². The van der Waals surface area contributed by atoms with Gasteiger partial charge in [0, 0.05) is 0 Å². The van der Waals surface area contributed by atoms with E-state index in [1.165, 1.54) is 0 Å². The molecular formula is C2H4N2O5. The highest BCUT2D eigenvalue weighted by Crippen LogP contribution is 1.77. The Hall–Kier alpha value is -1.37. The van der Waals surface area contributed by atoms with Crippen molar-refractivity contribution in [2.75, 3.05) is 6.54 Å². The zero-order chi connectivity index (χ0) is 7.28. The van der Waals surface area contributed by atoms with Gasteiger partial charge in [0.25, 0.3) is 0 Å². The Balaban J connectivity index is 3.28. The molecule has 7 nitrogen and oxygen atoms in total. The number of rotatable bonds is 3. The minimum Gasteiger partial charge on any atom is -0.321 e. The van der Waals surface area contributed by atoms with Crippen molar-refractivity contribution in [2.24, 2.45) is 5.73 Å². The van der Waals surface area contributed by atoms with E-state index in [1.807, 2.05) is 0 Å². The molecule has 0 aliphatic carbocycles. The summed E-state index contributed by atoms with van der Waals surface area (Å²) in [6.45, 7) is -0.451. The summed E-state index contributed by atoms with van der Waals surface area (Å²) in [5.74, 6) is -0.994. The first-order valence-corrected chi connectivity index (χ1v) is 1.88. The zero-order valence-corrected chi connectivity index (χ0v) is 4.27. The molecule has 0 amide bonds. The van der Waals surface area contributed by atoms with Gasteiger partial charge in [-0.1, -0.05) is 4.99 Å². The number of carbonyl (C=O) groups is 1. The Morgan fingerprint density at radius 3 is 2.67 bits per heavy atom. The van der Waals surface area contributed by atoms with Crippen LogP contribution in [0.25, 0.3) is 0 Å². The lowest BCUT2D eigenvalue weighted by Crippen LogP contribution is -2.18. The first kappa shape index (κ1) is 7.63. The average Bonchev–Trinajstić information content (AvgIpc) is 1.83. The maximum absolute atomic E-state index is 9.94. The van der Waals surface area contributed by atoms with Crippen LogP contribution < -0.4 is 5.73 Å². The van der Waals surface area contributed by atoms with Crippen LogP contribution >= 0.6 is 0 Å². The fourth-order valence-corrected chi connectivity index (χ4v) is 0.106. The van der Waals surface area contributed by atoms with Crippen molar-refractivity contribution in [1.29, 1.82) is 0 Å². The van der Waals surface area contributed by atoms with Gasteiger partial charge in [-0.2, -0.15) is 0 Å². The van der Waals surface area contributed by atoms with Gasteiger partial charge in [0.15, 0.2) is 0 Å². The molecule has 0 radical (unpaired) electrons. The molecule has 0 aromatic rings. The van der Waals surface area contributed by atoms with Crippen LogP contribution in [0, 0.1) is 10.1 Å². The van der Waals surface area contributed by atoms with E-state index < -0.39 is 17.6 Å². The monoisotopic (exact) mass is 136 g/mol. The van der Waals surface area contributed by atoms with E-state index in [2.05, 4.69) is 15.6 Å². The average molecular weight is 136 g/mol. The molecule has 0 aromatic heterocycles. The lowest BCUT2D eigenvalue weighted by Gasteiger charge is -1.92. The van der Waals surface area contributed by atoms with Crippen LogP contribution in [-0.4, -0.2) is 17.6 Å². The van der Waals surface area contributed by atoms with Crippen molar-refractivity contribution in [3.05, 3.63) is 10.1 Å². The maximum atomic E-state index is 9.94. The topological polar surface area (TPSA) is 105 Å². The summed E-state index contributed by atoms with van der Waals surface area (Å²) in [7, 11) is 0. The first-order valence-electron chi connectivity index (χ1n) is 1.88. The molecule has 0 aliphatic rings. The van der Waals surface area contributed by atoms with Crippen LogP contribution in [0.1, 0.15) is 0 Å². The molecule has 0 aliphatic heterocycles. The Labute approximate surface area is 49.4 Å². The SMILES string of the molecule is NCC(=O)OO[N+](=O)[O-]. The highest BCUT2D eigenvalue weighted by atomic mass is 17.3. The van der Waals surface area contributed by atoms with Crippen LogP contribution in [0.5, 0.6) is 0 Å². The molecule has 0 unspecified atom stereocenters. The second-order valence-electron chi connectivity index (χ2n) is 0.958. The second kappa shape index (κ2) is 3.61. The van der Waals surface area contributed by atoms with E-state index in [1.54, 1.807) is 0 Å². The summed E-state index contributed by atoms with van der Waals surface area (Å²) >= 11 is 0. The Morgan fingerprint density at radius 2 is 2.33 bits per heavy atom. The molecule has 0 saturated heterocycles. The molecule has 0 fully saturated rings. The molecule has 9 heavy (non-hydrogen) atoms. The van der Waals surface area contributed by atoms with Gasteiger partial charge >= 0.3 is 11.1 Å². The van der Waals surface area contributed by atoms with Crippen molar-refractivity contribution in [3.63, 3.8) is 0 Å². The summed E-state index contributed by atoms with van der Waals surface area (Å²) < 4.78 is 0. The minimum absolute atomic E-state index is 0.451. The molecule has 2 N–H and O–H groups in total. The molecular weight excluding hydrogens is 132 g/mol. The third-order valence-corrected chi connectivity index (χ3v) is 0.358. The second-order valence-corrected chi connectivity index (χ2v) is 0.958.